The summed E-state index contributed by atoms with van der Waals surface area (Å²) in [6.07, 6.45) is 1.73. The van der Waals surface area contributed by atoms with Gasteiger partial charge in [0, 0.05) is 21.2 Å². The van der Waals surface area contributed by atoms with E-state index in [4.69, 9.17) is 10.5 Å². The van der Waals surface area contributed by atoms with E-state index in [0.717, 1.165) is 20.7 Å². The number of hydrogen-bond donors (Lipinski definition) is 1. The first kappa shape index (κ1) is 13.6. The van der Waals surface area contributed by atoms with E-state index < -0.39 is 5.91 Å². The molecular formula is C16H14N2O2S. The molecule has 0 aliphatic heterocycles. The molecule has 1 aromatic carbocycles. The summed E-state index contributed by atoms with van der Waals surface area (Å²) in [5.41, 5.74) is 6.89. The molecule has 0 unspecified atom stereocenters. The maximum absolute atomic E-state index is 11.6. The van der Waals surface area contributed by atoms with Crippen LogP contribution in [0.2, 0.25) is 0 Å². The van der Waals surface area contributed by atoms with Gasteiger partial charge in [0.1, 0.15) is 12.4 Å². The molecule has 0 atom stereocenters. The lowest BCUT2D eigenvalue weighted by Crippen LogP contribution is -2.11. The number of aryl methyl sites for hydroxylation is 1. The van der Waals surface area contributed by atoms with Crippen LogP contribution in [0.1, 0.15) is 20.9 Å². The number of rotatable bonds is 4. The van der Waals surface area contributed by atoms with Crippen LogP contribution in [-0.2, 0) is 6.61 Å². The topological polar surface area (TPSA) is 65.2 Å². The Hall–Kier alpha value is -2.40. The molecule has 4 nitrogen and oxygen atoms in total. The number of pyridine rings is 1. The van der Waals surface area contributed by atoms with Crippen molar-refractivity contribution < 1.29 is 9.53 Å². The summed E-state index contributed by atoms with van der Waals surface area (Å²) < 4.78 is 6.77. The van der Waals surface area contributed by atoms with Crippen molar-refractivity contribution in [1.29, 1.82) is 0 Å². The van der Waals surface area contributed by atoms with Gasteiger partial charge in [0.15, 0.2) is 0 Å². The van der Waals surface area contributed by atoms with Crippen molar-refractivity contribution in [3.8, 4) is 5.75 Å². The molecule has 0 saturated carbocycles. The summed E-state index contributed by atoms with van der Waals surface area (Å²) in [4.78, 5) is 16.7. The fourth-order valence-electron chi connectivity index (χ4n) is 2.24. The number of thiophene rings is 1. The molecule has 0 saturated heterocycles. The number of carbonyl (C=O) groups excluding carboxylic acids is 1. The molecule has 0 bridgehead atoms. The number of aromatic nitrogens is 1. The lowest BCUT2D eigenvalue weighted by molar-refractivity contribution is 0.100. The molecule has 2 aromatic heterocycles. The van der Waals surface area contributed by atoms with Gasteiger partial charge in [0.25, 0.3) is 0 Å². The third-order valence-corrected chi connectivity index (χ3v) is 4.28. The van der Waals surface area contributed by atoms with Crippen molar-refractivity contribution in [1.82, 2.24) is 4.98 Å². The van der Waals surface area contributed by atoms with Crippen LogP contribution in [0.5, 0.6) is 5.75 Å². The van der Waals surface area contributed by atoms with E-state index in [9.17, 15) is 4.79 Å². The maximum atomic E-state index is 11.6. The number of primary amides is 1. The monoisotopic (exact) mass is 298 g/mol. The van der Waals surface area contributed by atoms with Gasteiger partial charge in [-0.3, -0.25) is 9.78 Å². The van der Waals surface area contributed by atoms with Gasteiger partial charge in [-0.25, -0.2) is 0 Å². The van der Waals surface area contributed by atoms with Gasteiger partial charge < -0.3 is 10.5 Å². The Kier molecular flexibility index (Phi) is 3.58. The van der Waals surface area contributed by atoms with Crippen molar-refractivity contribution in [3.63, 3.8) is 0 Å². The normalized spacial score (nSPS) is 10.7. The summed E-state index contributed by atoms with van der Waals surface area (Å²) in [5, 5.41) is 0.850. The zero-order valence-corrected chi connectivity index (χ0v) is 12.3. The van der Waals surface area contributed by atoms with Crippen molar-refractivity contribution in [2.24, 2.45) is 5.73 Å². The number of ether oxygens (including phenoxy) is 1. The second kappa shape index (κ2) is 5.54. The fourth-order valence-corrected chi connectivity index (χ4v) is 3.29. The summed E-state index contributed by atoms with van der Waals surface area (Å²) >= 11 is 1.56. The average Bonchev–Trinajstić information content (AvgIpc) is 2.81. The standard InChI is InChI=1S/C16H14N2O2S/c1-10-15(16(17)19)13-8-12(5-6-14(13)21-10)20-9-11-4-2-3-7-18-11/h2-8H,9H2,1H3,(H2,17,19). The van der Waals surface area contributed by atoms with E-state index in [-0.39, 0.29) is 0 Å². The molecule has 3 rings (SSSR count). The van der Waals surface area contributed by atoms with E-state index >= 15 is 0 Å². The maximum Gasteiger partial charge on any atom is 0.250 e. The van der Waals surface area contributed by atoms with E-state index in [2.05, 4.69) is 4.98 Å². The zero-order chi connectivity index (χ0) is 14.8. The Morgan fingerprint density at radius 2 is 2.19 bits per heavy atom. The highest BCUT2D eigenvalue weighted by Gasteiger charge is 2.14. The van der Waals surface area contributed by atoms with Crippen LogP contribution in [0.15, 0.2) is 42.6 Å². The lowest BCUT2D eigenvalue weighted by Gasteiger charge is -2.06. The Labute approximate surface area is 126 Å². The van der Waals surface area contributed by atoms with E-state index in [1.807, 2.05) is 43.3 Å². The Bertz CT molecular complexity index is 797. The van der Waals surface area contributed by atoms with Crippen LogP contribution < -0.4 is 10.5 Å². The van der Waals surface area contributed by atoms with Crippen molar-refractivity contribution >= 4 is 27.3 Å². The van der Waals surface area contributed by atoms with Crippen molar-refractivity contribution in [2.75, 3.05) is 0 Å². The smallest absolute Gasteiger partial charge is 0.250 e. The minimum absolute atomic E-state index is 0.390. The first-order valence-electron chi connectivity index (χ1n) is 6.51. The summed E-state index contributed by atoms with van der Waals surface area (Å²) in [6.45, 7) is 2.29. The molecule has 0 aliphatic rings. The molecule has 106 valence electrons. The second-order valence-corrected chi connectivity index (χ2v) is 5.92. The van der Waals surface area contributed by atoms with Crippen LogP contribution in [0.25, 0.3) is 10.1 Å². The molecule has 5 heteroatoms. The third kappa shape index (κ3) is 2.73. The van der Waals surface area contributed by atoms with Gasteiger partial charge in [-0.05, 0) is 37.3 Å². The molecule has 0 spiro atoms. The van der Waals surface area contributed by atoms with Gasteiger partial charge in [-0.15, -0.1) is 11.3 Å². The Morgan fingerprint density at radius 1 is 1.33 bits per heavy atom. The highest BCUT2D eigenvalue weighted by molar-refractivity contribution is 7.19. The van der Waals surface area contributed by atoms with Gasteiger partial charge in [0.2, 0.25) is 5.91 Å². The van der Waals surface area contributed by atoms with Crippen LogP contribution in [0.3, 0.4) is 0 Å². The van der Waals surface area contributed by atoms with E-state index in [1.165, 1.54) is 0 Å². The third-order valence-electron chi connectivity index (χ3n) is 3.19. The largest absolute Gasteiger partial charge is 0.487 e. The molecule has 0 radical (unpaired) electrons. The minimum Gasteiger partial charge on any atom is -0.487 e. The molecule has 0 aliphatic carbocycles. The zero-order valence-electron chi connectivity index (χ0n) is 11.5. The number of nitrogens with zero attached hydrogens (tertiary/aromatic N) is 1. The molecule has 3 aromatic rings. The molecular weight excluding hydrogens is 284 g/mol. The fraction of sp³-hybridized carbons (Fsp3) is 0.125. The second-order valence-electron chi connectivity index (χ2n) is 4.67. The summed E-state index contributed by atoms with van der Waals surface area (Å²) in [7, 11) is 0. The van der Waals surface area contributed by atoms with E-state index in [0.29, 0.717) is 17.9 Å². The number of fused-ring (bicyclic) bond motifs is 1. The van der Waals surface area contributed by atoms with E-state index in [1.54, 1.807) is 17.5 Å². The van der Waals surface area contributed by atoms with Gasteiger partial charge in [-0.1, -0.05) is 6.07 Å². The molecule has 2 heterocycles. The van der Waals surface area contributed by atoms with Gasteiger partial charge in [-0.2, -0.15) is 0 Å². The summed E-state index contributed by atoms with van der Waals surface area (Å²) in [6, 6.07) is 11.4. The minimum atomic E-state index is -0.402. The number of benzene rings is 1. The summed E-state index contributed by atoms with van der Waals surface area (Å²) in [5.74, 6) is 0.300. The van der Waals surface area contributed by atoms with Gasteiger partial charge in [0.05, 0.1) is 11.3 Å². The number of carbonyl (C=O) groups is 1. The first-order valence-corrected chi connectivity index (χ1v) is 7.32. The Balaban J connectivity index is 1.90. The predicted octanol–water partition coefficient (Wildman–Crippen LogP) is 3.28. The molecule has 1 amide bonds. The van der Waals surface area contributed by atoms with Gasteiger partial charge >= 0.3 is 0 Å². The predicted molar refractivity (Wildman–Crippen MR) is 83.6 cm³/mol. The molecule has 2 N–H and O–H groups in total. The lowest BCUT2D eigenvalue weighted by atomic mass is 10.1. The highest BCUT2D eigenvalue weighted by atomic mass is 32.1. The number of amides is 1. The van der Waals surface area contributed by atoms with Crippen molar-refractivity contribution in [2.45, 2.75) is 13.5 Å². The SMILES string of the molecule is Cc1sc2ccc(OCc3ccccn3)cc2c1C(N)=O. The molecule has 21 heavy (non-hydrogen) atoms. The Morgan fingerprint density at radius 3 is 2.90 bits per heavy atom. The first-order chi connectivity index (χ1) is 10.1. The van der Waals surface area contributed by atoms with Crippen LogP contribution >= 0.6 is 11.3 Å². The quantitative estimate of drug-likeness (QED) is 0.804. The molecule has 0 fully saturated rings. The van der Waals surface area contributed by atoms with Crippen LogP contribution in [0, 0.1) is 6.92 Å². The highest BCUT2D eigenvalue weighted by Crippen LogP contribution is 2.33. The number of hydrogen-bond acceptors (Lipinski definition) is 4. The van der Waals surface area contributed by atoms with Crippen molar-refractivity contribution in [3.05, 3.63) is 58.7 Å². The van der Waals surface area contributed by atoms with Crippen LogP contribution in [0.4, 0.5) is 0 Å². The number of nitrogens with two attached hydrogens (primary N) is 1. The average molecular weight is 298 g/mol. The van der Waals surface area contributed by atoms with Crippen LogP contribution in [-0.4, -0.2) is 10.9 Å².